The molecule has 1 saturated heterocycles. The Balaban J connectivity index is 2.14. The lowest BCUT2D eigenvalue weighted by atomic mass is 10.2. The number of carbonyl (C=O) groups excluding carboxylic acids is 1. The molecule has 1 atom stereocenters. The fourth-order valence-corrected chi connectivity index (χ4v) is 4.78. The molecule has 0 unspecified atom stereocenters. The van der Waals surface area contributed by atoms with E-state index in [1.54, 1.807) is 20.2 Å². The largest absolute Gasteiger partial charge is 0.368 e. The van der Waals surface area contributed by atoms with Crippen molar-refractivity contribution in [2.24, 2.45) is 19.8 Å². The van der Waals surface area contributed by atoms with E-state index in [1.165, 1.54) is 21.3 Å². The lowest BCUT2D eigenvalue weighted by molar-refractivity contribution is -0.121. The van der Waals surface area contributed by atoms with E-state index in [-0.39, 0.29) is 17.1 Å². The monoisotopic (exact) mass is 338 g/mol. The molecule has 0 bridgehead atoms. The highest BCUT2D eigenvalue weighted by Crippen LogP contribution is 2.27. The fraction of sp³-hybridized carbons (Fsp3) is 0.429. The summed E-state index contributed by atoms with van der Waals surface area (Å²) in [4.78, 5) is 23.5. The summed E-state index contributed by atoms with van der Waals surface area (Å²) in [5.41, 5.74) is 6.24. The molecule has 1 aromatic heterocycles. The first-order valence-corrected chi connectivity index (χ1v) is 8.66. The van der Waals surface area contributed by atoms with Gasteiger partial charge in [-0.2, -0.15) is 4.31 Å². The van der Waals surface area contributed by atoms with Gasteiger partial charge in [0.2, 0.25) is 15.9 Å². The molecule has 1 aliphatic heterocycles. The van der Waals surface area contributed by atoms with Crippen LogP contribution in [0.5, 0.6) is 0 Å². The summed E-state index contributed by atoms with van der Waals surface area (Å²) >= 11 is 0. The number of aryl methyl sites for hydroxylation is 2. The Morgan fingerprint density at radius 3 is 2.52 bits per heavy atom. The van der Waals surface area contributed by atoms with Gasteiger partial charge in [-0.1, -0.05) is 0 Å². The van der Waals surface area contributed by atoms with Crippen LogP contribution in [0.25, 0.3) is 11.0 Å². The van der Waals surface area contributed by atoms with Crippen LogP contribution < -0.4 is 11.4 Å². The van der Waals surface area contributed by atoms with Crippen molar-refractivity contribution in [2.45, 2.75) is 23.8 Å². The molecule has 9 heteroatoms. The maximum Gasteiger partial charge on any atom is 0.328 e. The normalized spacial score (nSPS) is 19.5. The number of nitrogens with zero attached hydrogens (tertiary/aromatic N) is 3. The van der Waals surface area contributed by atoms with E-state index in [0.717, 1.165) is 4.31 Å². The van der Waals surface area contributed by atoms with Crippen molar-refractivity contribution in [3.8, 4) is 0 Å². The van der Waals surface area contributed by atoms with Crippen LogP contribution in [-0.4, -0.2) is 40.4 Å². The predicted octanol–water partition coefficient (Wildman–Crippen LogP) is -0.485. The Kier molecular flexibility index (Phi) is 3.56. The summed E-state index contributed by atoms with van der Waals surface area (Å²) in [5, 5.41) is 0. The molecule has 0 radical (unpaired) electrons. The molecule has 8 nitrogen and oxygen atoms in total. The maximum atomic E-state index is 12.8. The van der Waals surface area contributed by atoms with E-state index in [2.05, 4.69) is 0 Å². The second kappa shape index (κ2) is 5.20. The second-order valence-electron chi connectivity index (χ2n) is 5.73. The molecule has 0 spiro atoms. The highest BCUT2D eigenvalue weighted by Gasteiger charge is 2.38. The van der Waals surface area contributed by atoms with Crippen molar-refractivity contribution in [3.05, 3.63) is 28.7 Å². The van der Waals surface area contributed by atoms with E-state index < -0.39 is 22.0 Å². The number of sulfonamides is 1. The Labute approximate surface area is 133 Å². The van der Waals surface area contributed by atoms with Crippen LogP contribution in [0.3, 0.4) is 0 Å². The van der Waals surface area contributed by atoms with Gasteiger partial charge in [0.1, 0.15) is 6.04 Å². The summed E-state index contributed by atoms with van der Waals surface area (Å²) in [5.74, 6) is -0.640. The van der Waals surface area contributed by atoms with E-state index in [9.17, 15) is 18.0 Å². The van der Waals surface area contributed by atoms with Gasteiger partial charge < -0.3 is 5.73 Å². The first-order valence-electron chi connectivity index (χ1n) is 7.22. The van der Waals surface area contributed by atoms with Gasteiger partial charge >= 0.3 is 5.69 Å². The molecule has 1 amide bonds. The van der Waals surface area contributed by atoms with E-state index >= 15 is 0 Å². The van der Waals surface area contributed by atoms with E-state index in [1.807, 2.05) is 0 Å². The molecule has 2 N–H and O–H groups in total. The Morgan fingerprint density at radius 1 is 1.22 bits per heavy atom. The van der Waals surface area contributed by atoms with Gasteiger partial charge in [0.25, 0.3) is 0 Å². The van der Waals surface area contributed by atoms with E-state index in [0.29, 0.717) is 23.9 Å². The number of primary amides is 1. The van der Waals surface area contributed by atoms with Crippen LogP contribution in [0.15, 0.2) is 27.9 Å². The molecular weight excluding hydrogens is 320 g/mol. The number of benzene rings is 1. The minimum absolute atomic E-state index is 0.0550. The molecule has 1 fully saturated rings. The number of imidazole rings is 1. The summed E-state index contributed by atoms with van der Waals surface area (Å²) in [6.07, 6.45) is 1.03. The van der Waals surface area contributed by atoms with Crippen molar-refractivity contribution in [1.82, 2.24) is 13.4 Å². The second-order valence-corrected chi connectivity index (χ2v) is 7.62. The molecule has 124 valence electrons. The molecule has 1 aliphatic rings. The molecule has 0 saturated carbocycles. The Morgan fingerprint density at radius 2 is 1.87 bits per heavy atom. The number of hydrogen-bond acceptors (Lipinski definition) is 4. The standard InChI is InChI=1S/C14H18N4O4S/c1-16-10-6-5-9(8-12(10)17(2)14(16)20)23(21,22)18-7-3-4-11(18)13(15)19/h5-6,8,11H,3-4,7H2,1-2H3,(H2,15,19)/t11-/m0/s1. The molecular formula is C14H18N4O4S. The van der Waals surface area contributed by atoms with Gasteiger partial charge in [-0.15, -0.1) is 0 Å². The number of amides is 1. The topological polar surface area (TPSA) is 107 Å². The predicted molar refractivity (Wildman–Crippen MR) is 84.3 cm³/mol. The number of fused-ring (bicyclic) bond motifs is 1. The van der Waals surface area contributed by atoms with Crippen molar-refractivity contribution in [1.29, 1.82) is 0 Å². The van der Waals surface area contributed by atoms with Gasteiger partial charge in [-0.3, -0.25) is 13.9 Å². The summed E-state index contributed by atoms with van der Waals surface area (Å²) in [6.45, 7) is 0.266. The lowest BCUT2D eigenvalue weighted by Gasteiger charge is -2.21. The number of carbonyl (C=O) groups is 1. The molecule has 2 heterocycles. The molecule has 1 aromatic carbocycles. The zero-order valence-electron chi connectivity index (χ0n) is 12.9. The quantitative estimate of drug-likeness (QED) is 0.815. The maximum absolute atomic E-state index is 12.8. The summed E-state index contributed by atoms with van der Waals surface area (Å²) < 4.78 is 29.6. The van der Waals surface area contributed by atoms with Crippen LogP contribution >= 0.6 is 0 Å². The van der Waals surface area contributed by atoms with Crippen LogP contribution in [0.1, 0.15) is 12.8 Å². The lowest BCUT2D eigenvalue weighted by Crippen LogP contribution is -2.43. The van der Waals surface area contributed by atoms with Crippen LogP contribution in [0.4, 0.5) is 0 Å². The smallest absolute Gasteiger partial charge is 0.328 e. The molecule has 0 aliphatic carbocycles. The zero-order valence-corrected chi connectivity index (χ0v) is 13.7. The SMILES string of the molecule is Cn1c(=O)n(C)c2cc(S(=O)(=O)N3CCC[C@H]3C(N)=O)ccc21. The third kappa shape index (κ3) is 2.27. The number of nitrogens with two attached hydrogens (primary N) is 1. The highest BCUT2D eigenvalue weighted by atomic mass is 32.2. The van der Waals surface area contributed by atoms with Gasteiger partial charge in [0.05, 0.1) is 15.9 Å². The average molecular weight is 338 g/mol. The molecule has 23 heavy (non-hydrogen) atoms. The first-order chi connectivity index (χ1) is 10.7. The van der Waals surface area contributed by atoms with Gasteiger partial charge in [0.15, 0.2) is 0 Å². The Bertz CT molecular complexity index is 957. The van der Waals surface area contributed by atoms with Crippen molar-refractivity contribution in [3.63, 3.8) is 0 Å². The zero-order chi connectivity index (χ0) is 16.9. The fourth-order valence-electron chi connectivity index (χ4n) is 3.09. The van der Waals surface area contributed by atoms with Crippen molar-refractivity contribution >= 4 is 27.0 Å². The minimum atomic E-state index is -3.84. The summed E-state index contributed by atoms with van der Waals surface area (Å²) in [7, 11) is -0.623. The van der Waals surface area contributed by atoms with E-state index in [4.69, 9.17) is 5.73 Å². The average Bonchev–Trinajstić information content (AvgIpc) is 3.09. The molecule has 3 rings (SSSR count). The third-order valence-corrected chi connectivity index (χ3v) is 6.29. The summed E-state index contributed by atoms with van der Waals surface area (Å²) in [6, 6.07) is 3.70. The number of hydrogen-bond donors (Lipinski definition) is 1. The van der Waals surface area contributed by atoms with Crippen LogP contribution in [-0.2, 0) is 28.9 Å². The highest BCUT2D eigenvalue weighted by molar-refractivity contribution is 7.89. The van der Waals surface area contributed by atoms with Gasteiger partial charge in [-0.05, 0) is 31.0 Å². The third-order valence-electron chi connectivity index (χ3n) is 4.38. The number of aromatic nitrogens is 2. The Hall–Kier alpha value is -2.13. The van der Waals surface area contributed by atoms with Gasteiger partial charge in [-0.25, -0.2) is 13.2 Å². The minimum Gasteiger partial charge on any atom is -0.368 e. The van der Waals surface area contributed by atoms with Crippen molar-refractivity contribution < 1.29 is 13.2 Å². The van der Waals surface area contributed by atoms with Crippen LogP contribution in [0.2, 0.25) is 0 Å². The molecule has 2 aromatic rings. The number of rotatable bonds is 3. The first kappa shape index (κ1) is 15.8. The van der Waals surface area contributed by atoms with Gasteiger partial charge in [0, 0.05) is 20.6 Å². The van der Waals surface area contributed by atoms with Crippen molar-refractivity contribution in [2.75, 3.05) is 6.54 Å². The van der Waals surface area contributed by atoms with Crippen LogP contribution in [0, 0.1) is 0 Å².